The van der Waals surface area contributed by atoms with Crippen LogP contribution in [0.25, 0.3) is 16.5 Å². The number of fused-ring (bicyclic) bond motifs is 1. The number of rotatable bonds is 6. The minimum Gasteiger partial charge on any atom is -0.456 e. The first-order valence-corrected chi connectivity index (χ1v) is 10.8. The van der Waals surface area contributed by atoms with Gasteiger partial charge in [0.25, 0.3) is 11.1 Å². The number of hydrogen-bond acceptors (Lipinski definition) is 5. The second-order valence-electron chi connectivity index (χ2n) is 8.35. The first kappa shape index (κ1) is 23.0. The maximum Gasteiger partial charge on any atom is 0.328 e. The number of esters is 1. The Morgan fingerprint density at radius 2 is 1.62 bits per heavy atom. The van der Waals surface area contributed by atoms with Crippen LogP contribution in [-0.2, 0) is 16.1 Å². The van der Waals surface area contributed by atoms with Crippen molar-refractivity contribution >= 4 is 22.5 Å². The normalized spacial score (nSPS) is 11.1. The van der Waals surface area contributed by atoms with Gasteiger partial charge in [0.1, 0.15) is 6.54 Å². The van der Waals surface area contributed by atoms with Gasteiger partial charge in [0.05, 0.1) is 10.8 Å². The number of carbonyl (C=O) groups is 2. The number of nitrogens with one attached hydrogen (secondary N) is 1. The number of nitrogens with zero attached hydrogens (tertiary/aromatic N) is 2. The van der Waals surface area contributed by atoms with Gasteiger partial charge in [0.2, 0.25) is 5.78 Å². The maximum atomic E-state index is 12.8. The molecule has 0 unspecified atom stereocenters. The van der Waals surface area contributed by atoms with E-state index < -0.39 is 30.2 Å². The van der Waals surface area contributed by atoms with E-state index >= 15 is 0 Å². The largest absolute Gasteiger partial charge is 0.456 e. The van der Waals surface area contributed by atoms with Crippen molar-refractivity contribution in [2.45, 2.75) is 34.2 Å². The third kappa shape index (κ3) is 4.22. The Balaban J connectivity index is 1.49. The Kier molecular flexibility index (Phi) is 6.06. The van der Waals surface area contributed by atoms with Crippen molar-refractivity contribution in [2.75, 3.05) is 6.61 Å². The van der Waals surface area contributed by atoms with E-state index in [0.29, 0.717) is 5.56 Å². The summed E-state index contributed by atoms with van der Waals surface area (Å²) in [4.78, 5) is 49.9. The number of H-pyrrole nitrogens is 1. The molecule has 2 aromatic heterocycles. The van der Waals surface area contributed by atoms with E-state index in [0.717, 1.165) is 27.3 Å². The summed E-state index contributed by atoms with van der Waals surface area (Å²) in [6, 6.07) is 14.2. The third-order valence-corrected chi connectivity index (χ3v) is 6.02. The van der Waals surface area contributed by atoms with Gasteiger partial charge in [-0.25, -0.2) is 4.68 Å². The molecule has 0 aliphatic carbocycles. The van der Waals surface area contributed by atoms with Gasteiger partial charge in [-0.15, -0.1) is 0 Å². The number of benzene rings is 2. The van der Waals surface area contributed by atoms with Gasteiger partial charge in [-0.05, 0) is 69.2 Å². The van der Waals surface area contributed by atoms with Crippen molar-refractivity contribution in [3.8, 4) is 5.69 Å². The zero-order valence-corrected chi connectivity index (χ0v) is 19.5. The number of aromatic nitrogens is 3. The van der Waals surface area contributed by atoms with Crippen molar-refractivity contribution in [1.29, 1.82) is 0 Å². The van der Waals surface area contributed by atoms with Crippen LogP contribution < -0.4 is 11.1 Å². The smallest absolute Gasteiger partial charge is 0.328 e. The predicted octanol–water partition coefficient (Wildman–Crippen LogP) is 3.14. The molecule has 0 bridgehead atoms. The van der Waals surface area contributed by atoms with Crippen LogP contribution in [0.1, 0.15) is 32.9 Å². The van der Waals surface area contributed by atoms with E-state index in [-0.39, 0.29) is 16.6 Å². The Morgan fingerprint density at radius 3 is 2.32 bits per heavy atom. The summed E-state index contributed by atoms with van der Waals surface area (Å²) >= 11 is 0. The molecule has 8 heteroatoms. The lowest BCUT2D eigenvalue weighted by molar-refractivity contribution is -0.143. The first-order valence-electron chi connectivity index (χ1n) is 10.8. The maximum absolute atomic E-state index is 12.8. The lowest BCUT2D eigenvalue weighted by atomic mass is 10.1. The minimum atomic E-state index is -0.802. The molecule has 2 heterocycles. The number of Topliss-reactive ketones (excluding diaryl/α,β-unsaturated/α-hetero) is 1. The summed E-state index contributed by atoms with van der Waals surface area (Å²) in [6.45, 7) is 6.85. The molecule has 0 amide bonds. The molecule has 0 spiro atoms. The molecule has 4 rings (SSSR count). The standard InChI is InChI=1S/C26H25N3O5/c1-15-9-10-19(11-16(15)2)29-17(3)12-22(18(29)4)23(30)14-34-24(31)13-28-26(33)21-8-6-5-7-20(21)25(32)27-28/h5-12H,13-14H2,1-4H3,(H,27,32). The van der Waals surface area contributed by atoms with Crippen LogP contribution >= 0.6 is 0 Å². The highest BCUT2D eigenvalue weighted by atomic mass is 16.5. The second kappa shape index (κ2) is 8.97. The fourth-order valence-electron chi connectivity index (χ4n) is 4.06. The zero-order valence-electron chi connectivity index (χ0n) is 19.5. The van der Waals surface area contributed by atoms with Crippen LogP contribution in [0.5, 0.6) is 0 Å². The number of aryl methyl sites for hydroxylation is 3. The van der Waals surface area contributed by atoms with Gasteiger partial charge in [-0.1, -0.05) is 18.2 Å². The van der Waals surface area contributed by atoms with Gasteiger partial charge in [0.15, 0.2) is 6.61 Å². The van der Waals surface area contributed by atoms with E-state index in [2.05, 4.69) is 11.2 Å². The molecular weight excluding hydrogens is 434 g/mol. The third-order valence-electron chi connectivity index (χ3n) is 6.02. The Bertz CT molecular complexity index is 1560. The molecule has 0 radical (unpaired) electrons. The zero-order chi connectivity index (χ0) is 24.6. The van der Waals surface area contributed by atoms with E-state index in [1.54, 1.807) is 18.2 Å². The summed E-state index contributed by atoms with van der Waals surface area (Å²) in [6.07, 6.45) is 0. The van der Waals surface area contributed by atoms with E-state index in [4.69, 9.17) is 4.74 Å². The number of hydrogen-bond donors (Lipinski definition) is 1. The highest BCUT2D eigenvalue weighted by molar-refractivity contribution is 5.99. The van der Waals surface area contributed by atoms with E-state index in [1.807, 2.05) is 44.4 Å². The molecule has 0 saturated carbocycles. The molecule has 0 saturated heterocycles. The van der Waals surface area contributed by atoms with Crippen LogP contribution in [0.4, 0.5) is 0 Å². The summed E-state index contributed by atoms with van der Waals surface area (Å²) in [5, 5.41) is 2.82. The Hall–Kier alpha value is -4.20. The monoisotopic (exact) mass is 459 g/mol. The summed E-state index contributed by atoms with van der Waals surface area (Å²) in [5.74, 6) is -1.15. The number of ether oxygens (including phenoxy) is 1. The molecular formula is C26H25N3O5. The average molecular weight is 460 g/mol. The lowest BCUT2D eigenvalue weighted by Crippen LogP contribution is -2.33. The molecule has 0 aliphatic heterocycles. The molecule has 4 aromatic rings. The topological polar surface area (TPSA) is 103 Å². The number of carbonyl (C=O) groups excluding carboxylic acids is 2. The molecule has 1 N–H and O–H groups in total. The van der Waals surface area contributed by atoms with Gasteiger partial charge in [-0.2, -0.15) is 0 Å². The lowest BCUT2D eigenvalue weighted by Gasteiger charge is -2.12. The second-order valence-corrected chi connectivity index (χ2v) is 8.35. The Labute approximate surface area is 195 Å². The average Bonchev–Trinajstić information content (AvgIpc) is 3.11. The van der Waals surface area contributed by atoms with Gasteiger partial charge < -0.3 is 9.30 Å². The van der Waals surface area contributed by atoms with Crippen LogP contribution in [-0.4, -0.2) is 32.7 Å². The highest BCUT2D eigenvalue weighted by Gasteiger charge is 2.19. The van der Waals surface area contributed by atoms with Crippen LogP contribution in [0.2, 0.25) is 0 Å². The van der Waals surface area contributed by atoms with Crippen molar-refractivity contribution < 1.29 is 14.3 Å². The van der Waals surface area contributed by atoms with Crippen molar-refractivity contribution in [3.63, 3.8) is 0 Å². The molecule has 34 heavy (non-hydrogen) atoms. The quantitative estimate of drug-likeness (QED) is 0.352. The molecule has 8 nitrogen and oxygen atoms in total. The van der Waals surface area contributed by atoms with Crippen LogP contribution in [0, 0.1) is 27.7 Å². The summed E-state index contributed by atoms with van der Waals surface area (Å²) < 4.78 is 8.01. The first-order chi connectivity index (χ1) is 16.2. The molecule has 0 aliphatic rings. The molecule has 0 fully saturated rings. The number of aromatic amines is 1. The van der Waals surface area contributed by atoms with Gasteiger partial charge >= 0.3 is 5.97 Å². The van der Waals surface area contributed by atoms with Crippen molar-refractivity contribution in [3.05, 3.63) is 97.3 Å². The summed E-state index contributed by atoms with van der Waals surface area (Å²) in [5.41, 5.74) is 4.37. The number of ketones is 1. The highest BCUT2D eigenvalue weighted by Crippen LogP contribution is 2.23. The van der Waals surface area contributed by atoms with E-state index in [9.17, 15) is 19.2 Å². The van der Waals surface area contributed by atoms with Crippen LogP contribution in [0.15, 0.2) is 58.1 Å². The minimum absolute atomic E-state index is 0.203. The molecule has 0 atom stereocenters. The SMILES string of the molecule is Cc1ccc(-n2c(C)cc(C(=O)COC(=O)Cn3[nH]c(=O)c4ccccc4c3=O)c2C)cc1C. The Morgan fingerprint density at radius 1 is 0.912 bits per heavy atom. The van der Waals surface area contributed by atoms with Gasteiger partial charge in [-0.3, -0.25) is 24.3 Å². The van der Waals surface area contributed by atoms with Gasteiger partial charge in [0, 0.05) is 22.6 Å². The molecule has 174 valence electrons. The predicted molar refractivity (Wildman–Crippen MR) is 129 cm³/mol. The fraction of sp³-hybridized carbons (Fsp3) is 0.231. The van der Waals surface area contributed by atoms with E-state index in [1.165, 1.54) is 17.7 Å². The molecule has 2 aromatic carbocycles. The van der Waals surface area contributed by atoms with Crippen molar-refractivity contribution in [2.24, 2.45) is 0 Å². The van der Waals surface area contributed by atoms with Crippen molar-refractivity contribution in [1.82, 2.24) is 14.3 Å². The fourth-order valence-corrected chi connectivity index (χ4v) is 4.06. The van der Waals surface area contributed by atoms with Crippen LogP contribution in [0.3, 0.4) is 0 Å². The summed E-state index contributed by atoms with van der Waals surface area (Å²) in [7, 11) is 0.